The van der Waals surface area contributed by atoms with Crippen LogP contribution in [0.3, 0.4) is 0 Å². The van der Waals surface area contributed by atoms with Gasteiger partial charge in [-0.2, -0.15) is 9.97 Å². The van der Waals surface area contributed by atoms with Crippen LogP contribution < -0.4 is 16.4 Å². The smallest absolute Gasteiger partial charge is 0.223 e. The summed E-state index contributed by atoms with van der Waals surface area (Å²) in [6.07, 6.45) is 0. The van der Waals surface area contributed by atoms with E-state index in [2.05, 4.69) is 20.6 Å². The Labute approximate surface area is 104 Å². The van der Waals surface area contributed by atoms with Gasteiger partial charge in [-0.3, -0.25) is 0 Å². The number of nitrogens with two attached hydrogens (primary N) is 1. The molecular formula is C12H14FN5. The van der Waals surface area contributed by atoms with Crippen LogP contribution >= 0.6 is 0 Å². The zero-order valence-corrected chi connectivity index (χ0v) is 10.2. The Bertz CT molecular complexity index is 570. The second-order valence-electron chi connectivity index (χ2n) is 3.84. The zero-order valence-electron chi connectivity index (χ0n) is 10.2. The number of hydrogen-bond donors (Lipinski definition) is 3. The van der Waals surface area contributed by atoms with Gasteiger partial charge < -0.3 is 16.4 Å². The molecule has 1 heterocycles. The largest absolute Gasteiger partial charge is 0.373 e. The molecule has 4 N–H and O–H groups in total. The Kier molecular flexibility index (Phi) is 3.27. The first-order chi connectivity index (χ1) is 8.58. The first kappa shape index (κ1) is 12.1. The normalized spacial score (nSPS) is 10.2. The molecule has 2 aromatic rings. The van der Waals surface area contributed by atoms with E-state index in [9.17, 15) is 4.39 Å². The zero-order chi connectivity index (χ0) is 13.1. The molecule has 5 nitrogen and oxygen atoms in total. The molecule has 0 atom stereocenters. The topological polar surface area (TPSA) is 75.9 Å². The summed E-state index contributed by atoms with van der Waals surface area (Å²) in [7, 11) is 1.73. The van der Waals surface area contributed by atoms with Gasteiger partial charge in [-0.1, -0.05) is 6.07 Å². The maximum absolute atomic E-state index is 13.4. The van der Waals surface area contributed by atoms with Gasteiger partial charge >= 0.3 is 0 Å². The molecule has 18 heavy (non-hydrogen) atoms. The average Bonchev–Trinajstić information content (AvgIpc) is 2.33. The van der Waals surface area contributed by atoms with Gasteiger partial charge in [0.15, 0.2) is 0 Å². The van der Waals surface area contributed by atoms with E-state index < -0.39 is 0 Å². The van der Waals surface area contributed by atoms with Crippen LogP contribution in [0.5, 0.6) is 0 Å². The number of rotatable bonds is 3. The quantitative estimate of drug-likeness (QED) is 0.775. The number of nitrogens with one attached hydrogen (secondary N) is 2. The molecule has 1 aromatic carbocycles. The van der Waals surface area contributed by atoms with E-state index in [0.717, 1.165) is 0 Å². The Morgan fingerprint density at radius 3 is 2.56 bits per heavy atom. The van der Waals surface area contributed by atoms with Crippen molar-refractivity contribution in [2.24, 2.45) is 0 Å². The van der Waals surface area contributed by atoms with Crippen LogP contribution in [0.4, 0.5) is 27.7 Å². The van der Waals surface area contributed by atoms with Crippen molar-refractivity contribution in [3.63, 3.8) is 0 Å². The highest BCUT2D eigenvalue weighted by Crippen LogP contribution is 2.20. The van der Waals surface area contributed by atoms with E-state index in [-0.39, 0.29) is 11.8 Å². The van der Waals surface area contributed by atoms with E-state index >= 15 is 0 Å². The van der Waals surface area contributed by atoms with E-state index in [0.29, 0.717) is 22.9 Å². The molecule has 0 aliphatic rings. The lowest BCUT2D eigenvalue weighted by molar-refractivity contribution is 0.619. The van der Waals surface area contributed by atoms with Crippen LogP contribution in [-0.4, -0.2) is 17.0 Å². The van der Waals surface area contributed by atoms with Gasteiger partial charge in [0.25, 0.3) is 0 Å². The van der Waals surface area contributed by atoms with E-state index in [1.54, 1.807) is 32.2 Å². The molecule has 0 bridgehead atoms. The minimum Gasteiger partial charge on any atom is -0.373 e. The number of anilines is 4. The Hall–Kier alpha value is -2.37. The van der Waals surface area contributed by atoms with Gasteiger partial charge in [-0.05, 0) is 24.6 Å². The third-order valence-corrected chi connectivity index (χ3v) is 2.44. The highest BCUT2D eigenvalue weighted by atomic mass is 19.1. The van der Waals surface area contributed by atoms with Crippen LogP contribution in [0.2, 0.25) is 0 Å². The van der Waals surface area contributed by atoms with Crippen LogP contribution in [0, 0.1) is 12.7 Å². The van der Waals surface area contributed by atoms with Crippen molar-refractivity contribution in [2.45, 2.75) is 6.92 Å². The molecule has 0 radical (unpaired) electrons. The third-order valence-electron chi connectivity index (χ3n) is 2.44. The van der Waals surface area contributed by atoms with Crippen LogP contribution in [0.25, 0.3) is 0 Å². The summed E-state index contributed by atoms with van der Waals surface area (Å²) in [6, 6.07) is 6.57. The SMILES string of the molecule is CNc1cc(Nc2ccc(C)c(F)c2)nc(N)n1. The molecule has 0 fully saturated rings. The minimum absolute atomic E-state index is 0.150. The molecule has 1 aromatic heterocycles. The number of aromatic nitrogens is 2. The predicted octanol–water partition coefficient (Wildman–Crippen LogP) is 2.29. The summed E-state index contributed by atoms with van der Waals surface area (Å²) in [6.45, 7) is 1.71. The maximum atomic E-state index is 13.4. The lowest BCUT2D eigenvalue weighted by Gasteiger charge is -2.08. The monoisotopic (exact) mass is 247 g/mol. The molecule has 0 saturated heterocycles. The summed E-state index contributed by atoms with van der Waals surface area (Å²) >= 11 is 0. The molecule has 0 unspecified atom stereocenters. The Balaban J connectivity index is 2.27. The van der Waals surface area contributed by atoms with Gasteiger partial charge in [-0.15, -0.1) is 0 Å². The van der Waals surface area contributed by atoms with Crippen LogP contribution in [0.15, 0.2) is 24.3 Å². The molecule has 6 heteroatoms. The lowest BCUT2D eigenvalue weighted by atomic mass is 10.2. The molecule has 0 aliphatic carbocycles. The van der Waals surface area contributed by atoms with Crippen LogP contribution in [-0.2, 0) is 0 Å². The average molecular weight is 247 g/mol. The highest BCUT2D eigenvalue weighted by Gasteiger charge is 2.03. The fourth-order valence-corrected chi connectivity index (χ4v) is 1.48. The fourth-order valence-electron chi connectivity index (χ4n) is 1.48. The molecular weight excluding hydrogens is 233 g/mol. The van der Waals surface area contributed by atoms with Gasteiger partial charge in [0.05, 0.1) is 0 Å². The van der Waals surface area contributed by atoms with E-state index in [1.807, 2.05) is 0 Å². The highest BCUT2D eigenvalue weighted by molar-refractivity contribution is 5.60. The number of aryl methyl sites for hydroxylation is 1. The number of nitrogen functional groups attached to an aromatic ring is 1. The van der Waals surface area contributed by atoms with Gasteiger partial charge in [-0.25, -0.2) is 4.39 Å². The molecule has 0 saturated carbocycles. The summed E-state index contributed by atoms with van der Waals surface area (Å²) < 4.78 is 13.4. The van der Waals surface area contributed by atoms with Crippen molar-refractivity contribution < 1.29 is 4.39 Å². The summed E-state index contributed by atoms with van der Waals surface area (Å²) in [5.74, 6) is 0.987. The van der Waals surface area contributed by atoms with Crippen LogP contribution in [0.1, 0.15) is 5.56 Å². The number of benzene rings is 1. The second-order valence-corrected chi connectivity index (χ2v) is 3.84. The Morgan fingerprint density at radius 2 is 1.89 bits per heavy atom. The van der Waals surface area contributed by atoms with Crippen molar-refractivity contribution in [2.75, 3.05) is 23.4 Å². The van der Waals surface area contributed by atoms with Crippen molar-refractivity contribution in [1.29, 1.82) is 0 Å². The van der Waals surface area contributed by atoms with Crippen molar-refractivity contribution in [3.8, 4) is 0 Å². The van der Waals surface area contributed by atoms with Crippen molar-refractivity contribution in [1.82, 2.24) is 9.97 Å². The molecule has 94 valence electrons. The molecule has 0 spiro atoms. The minimum atomic E-state index is -0.268. The third kappa shape index (κ3) is 2.65. The fraction of sp³-hybridized carbons (Fsp3) is 0.167. The molecule has 0 amide bonds. The van der Waals surface area contributed by atoms with Gasteiger partial charge in [0.1, 0.15) is 17.5 Å². The van der Waals surface area contributed by atoms with E-state index in [1.165, 1.54) is 6.07 Å². The lowest BCUT2D eigenvalue weighted by Crippen LogP contribution is -2.03. The standard InChI is InChI=1S/C12H14FN5/c1-7-3-4-8(5-9(7)13)16-11-6-10(15-2)17-12(14)18-11/h3-6H,1-2H3,(H4,14,15,16,17,18). The summed E-state index contributed by atoms with van der Waals surface area (Å²) in [4.78, 5) is 7.99. The molecule has 2 rings (SSSR count). The number of halogens is 1. The number of hydrogen-bond acceptors (Lipinski definition) is 5. The molecule has 0 aliphatic heterocycles. The first-order valence-corrected chi connectivity index (χ1v) is 5.44. The predicted molar refractivity (Wildman–Crippen MR) is 70.4 cm³/mol. The first-order valence-electron chi connectivity index (χ1n) is 5.44. The number of nitrogens with zero attached hydrogens (tertiary/aromatic N) is 2. The van der Waals surface area contributed by atoms with Gasteiger partial charge in [0, 0.05) is 18.8 Å². The van der Waals surface area contributed by atoms with Gasteiger partial charge in [0.2, 0.25) is 5.95 Å². The van der Waals surface area contributed by atoms with E-state index in [4.69, 9.17) is 5.73 Å². The van der Waals surface area contributed by atoms with Crippen molar-refractivity contribution >= 4 is 23.3 Å². The summed E-state index contributed by atoms with van der Waals surface area (Å²) in [5, 5.41) is 5.85. The maximum Gasteiger partial charge on any atom is 0.223 e. The summed E-state index contributed by atoms with van der Waals surface area (Å²) in [5.41, 5.74) is 6.77. The second kappa shape index (κ2) is 4.87. The Morgan fingerprint density at radius 1 is 1.17 bits per heavy atom. The van der Waals surface area contributed by atoms with Crippen molar-refractivity contribution in [3.05, 3.63) is 35.6 Å².